The molecule has 1 N–H and O–H groups in total. The maximum absolute atomic E-state index is 12.4. The predicted octanol–water partition coefficient (Wildman–Crippen LogP) is -0.0489. The summed E-state index contributed by atoms with van der Waals surface area (Å²) in [6.45, 7) is 2.36. The molecule has 3 heterocycles. The van der Waals surface area contributed by atoms with E-state index >= 15 is 0 Å². The first kappa shape index (κ1) is 16.8. The van der Waals surface area contributed by atoms with Crippen LogP contribution < -0.4 is 15.1 Å². The summed E-state index contributed by atoms with van der Waals surface area (Å²) in [5, 5.41) is 9.85. The van der Waals surface area contributed by atoms with Gasteiger partial charge in [-0.1, -0.05) is 6.07 Å². The maximum atomic E-state index is 12.4. The molecular formula is C18H21BN4O3. The van der Waals surface area contributed by atoms with Gasteiger partial charge in [0.05, 0.1) is 0 Å². The Hall–Kier alpha value is -2.61. The van der Waals surface area contributed by atoms with Crippen LogP contribution in [0.1, 0.15) is 5.56 Å². The fraction of sp³-hybridized carbons (Fsp3) is 0.389. The molecule has 8 heteroatoms. The highest BCUT2D eigenvalue weighted by Gasteiger charge is 2.25. The molecule has 0 saturated carbocycles. The van der Waals surface area contributed by atoms with Crippen molar-refractivity contribution in [3.63, 3.8) is 0 Å². The summed E-state index contributed by atoms with van der Waals surface area (Å²) in [7, 11) is 0. The smallest absolute Gasteiger partial charge is 0.324 e. The molecule has 0 radical (unpaired) electrons. The van der Waals surface area contributed by atoms with E-state index in [-0.39, 0.29) is 19.4 Å². The minimum absolute atomic E-state index is 0.0147. The lowest BCUT2D eigenvalue weighted by Gasteiger charge is -2.34. The maximum Gasteiger partial charge on any atom is 0.324 e. The number of hydrogen-bond acceptors (Lipinski definition) is 6. The summed E-state index contributed by atoms with van der Waals surface area (Å²) < 4.78 is 5.68. The molecule has 134 valence electrons. The topological polar surface area (TPSA) is 78.8 Å². The monoisotopic (exact) mass is 352 g/mol. The van der Waals surface area contributed by atoms with Crippen molar-refractivity contribution >= 4 is 24.2 Å². The number of benzene rings is 1. The number of carbonyl (C=O) groups is 1. The van der Waals surface area contributed by atoms with Crippen molar-refractivity contribution in [2.24, 2.45) is 0 Å². The second-order valence-electron chi connectivity index (χ2n) is 6.62. The summed E-state index contributed by atoms with van der Waals surface area (Å²) in [6.07, 6.45) is 5.06. The van der Waals surface area contributed by atoms with Crippen LogP contribution in [-0.2, 0) is 11.2 Å². The number of piperazine rings is 1. The second-order valence-corrected chi connectivity index (χ2v) is 6.62. The van der Waals surface area contributed by atoms with Gasteiger partial charge in [-0.05, 0) is 42.0 Å². The Bertz CT molecular complexity index is 781. The molecule has 2 aliphatic heterocycles. The fourth-order valence-electron chi connectivity index (χ4n) is 3.51. The van der Waals surface area contributed by atoms with Crippen molar-refractivity contribution in [3.05, 3.63) is 42.2 Å². The third-order valence-electron chi connectivity index (χ3n) is 4.99. The molecule has 7 nitrogen and oxygen atoms in total. The molecule has 0 aliphatic carbocycles. The summed E-state index contributed by atoms with van der Waals surface area (Å²) in [5.74, 6) is 1.37. The van der Waals surface area contributed by atoms with Gasteiger partial charge in [-0.15, -0.1) is 0 Å². The number of anilines is 1. The van der Waals surface area contributed by atoms with Gasteiger partial charge in [0.2, 0.25) is 5.95 Å². The Morgan fingerprint density at radius 2 is 1.96 bits per heavy atom. The lowest BCUT2D eigenvalue weighted by molar-refractivity contribution is -0.133. The standard InChI is InChI=1S/C18H21BN4O3/c24-17(13-26-15-2-3-16-14(12-15)4-5-19(16)25)22-8-10-23(11-9-22)18-20-6-1-7-21-18/h1-3,6-7,12,25H,4-5,8-11,13H2. The van der Waals surface area contributed by atoms with Gasteiger partial charge >= 0.3 is 6.92 Å². The Morgan fingerprint density at radius 3 is 2.73 bits per heavy atom. The second kappa shape index (κ2) is 7.33. The Morgan fingerprint density at radius 1 is 1.19 bits per heavy atom. The average molecular weight is 352 g/mol. The van der Waals surface area contributed by atoms with Gasteiger partial charge in [0, 0.05) is 38.6 Å². The number of amides is 1. The van der Waals surface area contributed by atoms with Crippen LogP contribution in [0.2, 0.25) is 6.32 Å². The number of carbonyl (C=O) groups excluding carboxylic acids is 1. The molecular weight excluding hydrogens is 331 g/mol. The molecule has 4 rings (SSSR count). The zero-order valence-electron chi connectivity index (χ0n) is 14.5. The van der Waals surface area contributed by atoms with Gasteiger partial charge in [-0.3, -0.25) is 4.79 Å². The van der Waals surface area contributed by atoms with Crippen molar-refractivity contribution in [1.29, 1.82) is 0 Å². The molecule has 1 amide bonds. The molecule has 0 bridgehead atoms. The van der Waals surface area contributed by atoms with Gasteiger partial charge in [0.15, 0.2) is 6.61 Å². The average Bonchev–Trinajstić information content (AvgIpc) is 3.07. The molecule has 0 unspecified atom stereocenters. The number of ether oxygens (including phenoxy) is 1. The van der Waals surface area contributed by atoms with E-state index in [0.29, 0.717) is 37.9 Å². The number of hydrogen-bond donors (Lipinski definition) is 1. The van der Waals surface area contributed by atoms with Crippen molar-refractivity contribution in [2.45, 2.75) is 12.7 Å². The lowest BCUT2D eigenvalue weighted by atomic mass is 9.63. The van der Waals surface area contributed by atoms with Gasteiger partial charge in [0.1, 0.15) is 5.75 Å². The first-order valence-electron chi connectivity index (χ1n) is 8.94. The zero-order chi connectivity index (χ0) is 17.9. The first-order chi connectivity index (χ1) is 12.7. The van der Waals surface area contributed by atoms with E-state index in [4.69, 9.17) is 4.74 Å². The summed E-state index contributed by atoms with van der Waals surface area (Å²) in [4.78, 5) is 24.8. The fourth-order valence-corrected chi connectivity index (χ4v) is 3.51. The number of aryl methyl sites for hydroxylation is 1. The van der Waals surface area contributed by atoms with Crippen molar-refractivity contribution in [2.75, 3.05) is 37.7 Å². The molecule has 26 heavy (non-hydrogen) atoms. The lowest BCUT2D eigenvalue weighted by Crippen LogP contribution is -2.50. The SMILES string of the molecule is O=C(COc1ccc2c(c1)CCB2O)N1CCN(c2ncccn2)CC1. The van der Waals surface area contributed by atoms with Crippen LogP contribution >= 0.6 is 0 Å². The van der Waals surface area contributed by atoms with Crippen molar-refractivity contribution in [3.8, 4) is 5.75 Å². The highest BCUT2D eigenvalue weighted by Crippen LogP contribution is 2.19. The molecule has 0 atom stereocenters. The Balaban J connectivity index is 1.28. The summed E-state index contributed by atoms with van der Waals surface area (Å²) in [6, 6.07) is 7.45. The molecule has 1 aromatic heterocycles. The van der Waals surface area contributed by atoms with E-state index in [9.17, 15) is 9.82 Å². The molecule has 0 spiro atoms. The van der Waals surface area contributed by atoms with Crippen LogP contribution in [0.4, 0.5) is 5.95 Å². The van der Waals surface area contributed by atoms with Gasteiger partial charge < -0.3 is 19.6 Å². The normalized spacial score (nSPS) is 16.6. The predicted molar refractivity (Wildman–Crippen MR) is 98.9 cm³/mol. The highest BCUT2D eigenvalue weighted by atomic mass is 16.5. The van der Waals surface area contributed by atoms with Crippen LogP contribution in [0, 0.1) is 0 Å². The van der Waals surface area contributed by atoms with Gasteiger partial charge in [-0.25, -0.2) is 9.97 Å². The van der Waals surface area contributed by atoms with Crippen LogP contribution in [-0.4, -0.2) is 65.5 Å². The van der Waals surface area contributed by atoms with E-state index in [0.717, 1.165) is 23.8 Å². The van der Waals surface area contributed by atoms with Crippen LogP contribution in [0.3, 0.4) is 0 Å². The number of fused-ring (bicyclic) bond motifs is 1. The van der Waals surface area contributed by atoms with Crippen LogP contribution in [0.25, 0.3) is 0 Å². The quantitative estimate of drug-likeness (QED) is 0.778. The van der Waals surface area contributed by atoms with E-state index in [2.05, 4.69) is 14.9 Å². The van der Waals surface area contributed by atoms with E-state index < -0.39 is 0 Å². The number of aromatic nitrogens is 2. The van der Waals surface area contributed by atoms with Crippen LogP contribution in [0.5, 0.6) is 5.75 Å². The first-order valence-corrected chi connectivity index (χ1v) is 8.94. The third kappa shape index (κ3) is 3.50. The zero-order valence-corrected chi connectivity index (χ0v) is 14.5. The third-order valence-corrected chi connectivity index (χ3v) is 4.99. The Kier molecular flexibility index (Phi) is 4.75. The molecule has 1 saturated heterocycles. The van der Waals surface area contributed by atoms with Crippen molar-refractivity contribution in [1.82, 2.24) is 14.9 Å². The summed E-state index contributed by atoms with van der Waals surface area (Å²) >= 11 is 0. The highest BCUT2D eigenvalue weighted by molar-refractivity contribution is 6.68. The van der Waals surface area contributed by atoms with E-state index in [1.54, 1.807) is 18.5 Å². The molecule has 1 fully saturated rings. The minimum Gasteiger partial charge on any atom is -0.484 e. The van der Waals surface area contributed by atoms with E-state index in [1.807, 2.05) is 23.1 Å². The largest absolute Gasteiger partial charge is 0.484 e. The Labute approximate surface area is 152 Å². The minimum atomic E-state index is -0.370. The number of rotatable bonds is 4. The molecule has 2 aliphatic rings. The van der Waals surface area contributed by atoms with Gasteiger partial charge in [-0.2, -0.15) is 0 Å². The molecule has 2 aromatic rings. The molecule has 1 aromatic carbocycles. The summed E-state index contributed by atoms with van der Waals surface area (Å²) in [5.41, 5.74) is 2.09. The van der Waals surface area contributed by atoms with Crippen molar-refractivity contribution < 1.29 is 14.6 Å². The van der Waals surface area contributed by atoms with Crippen LogP contribution in [0.15, 0.2) is 36.7 Å². The van der Waals surface area contributed by atoms with Gasteiger partial charge in [0.25, 0.3) is 5.91 Å². The van der Waals surface area contributed by atoms with E-state index in [1.165, 1.54) is 0 Å². The number of nitrogens with zero attached hydrogens (tertiary/aromatic N) is 4.